The number of aromatic nitrogens is 2. The Hall–Kier alpha value is -0.670. The summed E-state index contributed by atoms with van der Waals surface area (Å²) in [6.45, 7) is 6.90. The molecule has 0 saturated carbocycles. The summed E-state index contributed by atoms with van der Waals surface area (Å²) >= 11 is 6.17. The zero-order chi connectivity index (χ0) is 12.5. The molecule has 1 aromatic rings. The molecule has 1 unspecified atom stereocenters. The van der Waals surface area contributed by atoms with Crippen LogP contribution in [-0.4, -0.2) is 16.6 Å². The van der Waals surface area contributed by atoms with Gasteiger partial charge < -0.3 is 4.74 Å². The van der Waals surface area contributed by atoms with Crippen LogP contribution >= 0.6 is 11.6 Å². The summed E-state index contributed by atoms with van der Waals surface area (Å²) in [7, 11) is 0. The maximum absolute atomic E-state index is 6.17. The number of ether oxygens (including phenoxy) is 1. The second-order valence-electron chi connectivity index (χ2n) is 4.80. The fraction of sp³-hybridized carbons (Fsp3) is 0.692. The Balaban J connectivity index is 2.41. The first kappa shape index (κ1) is 12.8. The predicted octanol–water partition coefficient (Wildman–Crippen LogP) is 3.42. The van der Waals surface area contributed by atoms with E-state index < -0.39 is 0 Å². The molecule has 1 atom stereocenters. The van der Waals surface area contributed by atoms with E-state index in [0.29, 0.717) is 5.15 Å². The lowest BCUT2D eigenvalue weighted by atomic mass is 9.95. The number of hydrogen-bond acceptors (Lipinski definition) is 3. The second kappa shape index (κ2) is 4.91. The maximum Gasteiger partial charge on any atom is 0.161 e. The van der Waals surface area contributed by atoms with Crippen molar-refractivity contribution in [3.8, 4) is 0 Å². The van der Waals surface area contributed by atoms with E-state index in [4.69, 9.17) is 16.3 Å². The van der Waals surface area contributed by atoms with Crippen LogP contribution in [0, 0.1) is 6.92 Å². The molecule has 2 rings (SSSR count). The van der Waals surface area contributed by atoms with Crippen LogP contribution in [0.3, 0.4) is 0 Å². The third-order valence-corrected chi connectivity index (χ3v) is 3.83. The third-order valence-electron chi connectivity index (χ3n) is 3.46. The Bertz CT molecular complexity index is 414. The number of aryl methyl sites for hydroxylation is 1. The molecule has 1 aliphatic heterocycles. The molecule has 0 radical (unpaired) electrons. The van der Waals surface area contributed by atoms with E-state index >= 15 is 0 Å². The quantitative estimate of drug-likeness (QED) is 0.759. The predicted molar refractivity (Wildman–Crippen MR) is 68.3 cm³/mol. The molecule has 1 aromatic heterocycles. The van der Waals surface area contributed by atoms with Crippen molar-refractivity contribution < 1.29 is 4.74 Å². The molecule has 2 heterocycles. The zero-order valence-corrected chi connectivity index (χ0v) is 11.5. The van der Waals surface area contributed by atoms with Gasteiger partial charge in [0.05, 0.1) is 0 Å². The van der Waals surface area contributed by atoms with Crippen molar-refractivity contribution in [3.63, 3.8) is 0 Å². The Morgan fingerprint density at radius 3 is 2.71 bits per heavy atom. The van der Waals surface area contributed by atoms with Gasteiger partial charge in [0.25, 0.3) is 0 Å². The van der Waals surface area contributed by atoms with Gasteiger partial charge in [-0.1, -0.05) is 18.5 Å². The Kier molecular flexibility index (Phi) is 3.69. The molecule has 17 heavy (non-hydrogen) atoms. The van der Waals surface area contributed by atoms with Crippen molar-refractivity contribution in [3.05, 3.63) is 22.2 Å². The molecule has 0 aliphatic carbocycles. The minimum absolute atomic E-state index is 0.362. The second-order valence-corrected chi connectivity index (χ2v) is 5.16. The first-order valence-electron chi connectivity index (χ1n) is 6.24. The Morgan fingerprint density at radius 1 is 1.35 bits per heavy atom. The standard InChI is InChI=1S/C13H19ClN2O/c1-4-10-9(2)11(14)16-12(15-10)13(3)7-5-6-8-17-13/h4-8H2,1-3H3. The van der Waals surface area contributed by atoms with Gasteiger partial charge in [0.15, 0.2) is 5.82 Å². The highest BCUT2D eigenvalue weighted by molar-refractivity contribution is 6.30. The van der Waals surface area contributed by atoms with Crippen LogP contribution in [0.5, 0.6) is 0 Å². The molecular formula is C13H19ClN2O. The summed E-state index contributed by atoms with van der Waals surface area (Å²) in [5, 5.41) is 0.558. The SMILES string of the molecule is CCc1nc(C2(C)CCCCO2)nc(Cl)c1C. The average molecular weight is 255 g/mol. The van der Waals surface area contributed by atoms with E-state index in [1.54, 1.807) is 0 Å². The fourth-order valence-corrected chi connectivity index (χ4v) is 2.41. The molecule has 0 N–H and O–H groups in total. The Morgan fingerprint density at radius 2 is 2.12 bits per heavy atom. The molecule has 0 amide bonds. The van der Waals surface area contributed by atoms with Crippen molar-refractivity contribution in [2.75, 3.05) is 6.61 Å². The zero-order valence-electron chi connectivity index (χ0n) is 10.7. The van der Waals surface area contributed by atoms with Gasteiger partial charge in [-0.2, -0.15) is 0 Å². The van der Waals surface area contributed by atoms with Crippen molar-refractivity contribution in [1.82, 2.24) is 9.97 Å². The van der Waals surface area contributed by atoms with Crippen LogP contribution in [-0.2, 0) is 16.8 Å². The topological polar surface area (TPSA) is 35.0 Å². The van der Waals surface area contributed by atoms with Gasteiger partial charge in [0, 0.05) is 17.9 Å². The molecule has 1 saturated heterocycles. The first-order chi connectivity index (χ1) is 8.07. The molecule has 3 nitrogen and oxygen atoms in total. The molecule has 4 heteroatoms. The number of halogens is 1. The minimum Gasteiger partial charge on any atom is -0.367 e. The largest absolute Gasteiger partial charge is 0.367 e. The van der Waals surface area contributed by atoms with Gasteiger partial charge in [-0.25, -0.2) is 9.97 Å². The van der Waals surface area contributed by atoms with Gasteiger partial charge in [-0.3, -0.25) is 0 Å². The van der Waals surface area contributed by atoms with E-state index in [-0.39, 0.29) is 5.60 Å². The molecule has 0 bridgehead atoms. The highest BCUT2D eigenvalue weighted by Gasteiger charge is 2.33. The smallest absolute Gasteiger partial charge is 0.161 e. The van der Waals surface area contributed by atoms with Crippen LogP contribution in [0.25, 0.3) is 0 Å². The van der Waals surface area contributed by atoms with E-state index in [0.717, 1.165) is 49.4 Å². The molecule has 1 aliphatic rings. The molecule has 1 fully saturated rings. The third kappa shape index (κ3) is 2.45. The van der Waals surface area contributed by atoms with Crippen molar-refractivity contribution in [2.45, 2.75) is 52.1 Å². The fourth-order valence-electron chi connectivity index (χ4n) is 2.22. The minimum atomic E-state index is -0.362. The van der Waals surface area contributed by atoms with E-state index in [1.165, 1.54) is 0 Å². The summed E-state index contributed by atoms with van der Waals surface area (Å²) in [5.74, 6) is 0.740. The van der Waals surface area contributed by atoms with Crippen molar-refractivity contribution in [2.24, 2.45) is 0 Å². The van der Waals surface area contributed by atoms with Gasteiger partial charge in [0.1, 0.15) is 10.8 Å². The number of hydrogen-bond donors (Lipinski definition) is 0. The van der Waals surface area contributed by atoms with Gasteiger partial charge >= 0.3 is 0 Å². The van der Waals surface area contributed by atoms with Crippen LogP contribution in [0.4, 0.5) is 0 Å². The highest BCUT2D eigenvalue weighted by atomic mass is 35.5. The summed E-state index contributed by atoms with van der Waals surface area (Å²) in [4.78, 5) is 9.03. The van der Waals surface area contributed by atoms with Gasteiger partial charge in [-0.05, 0) is 39.5 Å². The summed E-state index contributed by atoms with van der Waals surface area (Å²) < 4.78 is 5.86. The average Bonchev–Trinajstić information content (AvgIpc) is 2.33. The Labute approximate surface area is 108 Å². The van der Waals surface area contributed by atoms with Crippen LogP contribution in [0.15, 0.2) is 0 Å². The summed E-state index contributed by atoms with van der Waals surface area (Å²) in [6, 6.07) is 0. The van der Waals surface area contributed by atoms with Crippen LogP contribution in [0.2, 0.25) is 5.15 Å². The van der Waals surface area contributed by atoms with Crippen LogP contribution < -0.4 is 0 Å². The first-order valence-corrected chi connectivity index (χ1v) is 6.62. The normalized spacial score (nSPS) is 24.9. The lowest BCUT2D eigenvalue weighted by molar-refractivity contribution is -0.0761. The molecule has 94 valence electrons. The highest BCUT2D eigenvalue weighted by Crippen LogP contribution is 2.33. The van der Waals surface area contributed by atoms with Crippen molar-refractivity contribution in [1.29, 1.82) is 0 Å². The van der Waals surface area contributed by atoms with Crippen LogP contribution in [0.1, 0.15) is 50.2 Å². The van der Waals surface area contributed by atoms with E-state index in [2.05, 4.69) is 23.8 Å². The molecular weight excluding hydrogens is 236 g/mol. The molecule has 0 spiro atoms. The lowest BCUT2D eigenvalue weighted by Gasteiger charge is -2.32. The van der Waals surface area contributed by atoms with Crippen molar-refractivity contribution >= 4 is 11.6 Å². The van der Waals surface area contributed by atoms with Gasteiger partial charge in [-0.15, -0.1) is 0 Å². The summed E-state index contributed by atoms with van der Waals surface area (Å²) in [5.41, 5.74) is 1.65. The lowest BCUT2D eigenvalue weighted by Crippen LogP contribution is -2.32. The summed E-state index contributed by atoms with van der Waals surface area (Å²) in [6.07, 6.45) is 4.12. The monoisotopic (exact) mass is 254 g/mol. The van der Waals surface area contributed by atoms with E-state index in [1.807, 2.05) is 6.92 Å². The van der Waals surface area contributed by atoms with Gasteiger partial charge in [0.2, 0.25) is 0 Å². The van der Waals surface area contributed by atoms with E-state index in [9.17, 15) is 0 Å². The molecule has 0 aromatic carbocycles. The maximum atomic E-state index is 6.17. The number of nitrogens with zero attached hydrogens (tertiary/aromatic N) is 2. The number of rotatable bonds is 2.